The van der Waals surface area contributed by atoms with E-state index in [1.165, 1.54) is 18.2 Å². The van der Waals surface area contributed by atoms with Crippen molar-refractivity contribution in [2.24, 2.45) is 5.73 Å². The lowest BCUT2D eigenvalue weighted by atomic mass is 10.2. The molecule has 0 bridgehead atoms. The van der Waals surface area contributed by atoms with Gasteiger partial charge in [-0.2, -0.15) is 0 Å². The smallest absolute Gasteiger partial charge is 0.311 e. The lowest BCUT2D eigenvalue weighted by Gasteiger charge is -2.08. The summed E-state index contributed by atoms with van der Waals surface area (Å²) in [6, 6.07) is 8.99. The van der Waals surface area contributed by atoms with Gasteiger partial charge in [-0.15, -0.1) is 0 Å². The van der Waals surface area contributed by atoms with Gasteiger partial charge in [-0.05, 0) is 45.3 Å². The number of nitrogens with two attached hydrogens (primary N) is 1. The van der Waals surface area contributed by atoms with E-state index in [9.17, 15) is 14.5 Å². The molecule has 2 aromatic carbocycles. The third-order valence-corrected chi connectivity index (χ3v) is 3.44. The van der Waals surface area contributed by atoms with Gasteiger partial charge in [0.25, 0.3) is 0 Å². The molecule has 0 aliphatic heterocycles. The standard InChI is InChI=1S/C14H12BrFN2O3/c15-11-5-10(1-3-12(11)16)8-21-14-4-2-9(7-17)6-13(14)18(19)20/h1-6H,7-8,17H2. The van der Waals surface area contributed by atoms with Crippen LogP contribution >= 0.6 is 15.9 Å². The highest BCUT2D eigenvalue weighted by Gasteiger charge is 2.16. The zero-order valence-corrected chi connectivity index (χ0v) is 12.5. The van der Waals surface area contributed by atoms with Gasteiger partial charge in [0.05, 0.1) is 9.40 Å². The highest BCUT2D eigenvalue weighted by Crippen LogP contribution is 2.29. The van der Waals surface area contributed by atoms with Crippen LogP contribution in [0.5, 0.6) is 5.75 Å². The van der Waals surface area contributed by atoms with E-state index in [0.29, 0.717) is 15.6 Å². The van der Waals surface area contributed by atoms with E-state index in [-0.39, 0.29) is 30.4 Å². The SMILES string of the molecule is NCc1ccc(OCc2ccc(F)c(Br)c2)c([N+](=O)[O-])c1. The van der Waals surface area contributed by atoms with Crippen LogP contribution in [0.15, 0.2) is 40.9 Å². The van der Waals surface area contributed by atoms with Gasteiger partial charge >= 0.3 is 5.69 Å². The van der Waals surface area contributed by atoms with Crippen molar-refractivity contribution in [1.82, 2.24) is 0 Å². The molecule has 0 fully saturated rings. The Bertz CT molecular complexity index is 679. The van der Waals surface area contributed by atoms with Crippen molar-refractivity contribution in [1.29, 1.82) is 0 Å². The molecule has 0 aliphatic rings. The average molecular weight is 355 g/mol. The Morgan fingerprint density at radius 3 is 2.57 bits per heavy atom. The topological polar surface area (TPSA) is 78.4 Å². The van der Waals surface area contributed by atoms with Gasteiger partial charge in [-0.3, -0.25) is 10.1 Å². The van der Waals surface area contributed by atoms with Crippen molar-refractivity contribution < 1.29 is 14.1 Å². The van der Waals surface area contributed by atoms with Gasteiger partial charge in [0, 0.05) is 12.6 Å². The second kappa shape index (κ2) is 6.64. The van der Waals surface area contributed by atoms with E-state index in [1.807, 2.05) is 0 Å². The van der Waals surface area contributed by atoms with Gasteiger partial charge in [0.15, 0.2) is 5.75 Å². The summed E-state index contributed by atoms with van der Waals surface area (Å²) in [5.74, 6) is -0.227. The number of hydrogen-bond donors (Lipinski definition) is 1. The first-order valence-corrected chi connectivity index (χ1v) is 6.84. The maximum Gasteiger partial charge on any atom is 0.311 e. The van der Waals surface area contributed by atoms with Crippen molar-refractivity contribution in [3.63, 3.8) is 0 Å². The van der Waals surface area contributed by atoms with Crippen LogP contribution < -0.4 is 10.5 Å². The normalized spacial score (nSPS) is 10.4. The summed E-state index contributed by atoms with van der Waals surface area (Å²) < 4.78 is 18.9. The van der Waals surface area contributed by atoms with Gasteiger partial charge in [0.1, 0.15) is 12.4 Å². The van der Waals surface area contributed by atoms with E-state index in [4.69, 9.17) is 10.5 Å². The monoisotopic (exact) mass is 354 g/mol. The molecule has 0 unspecified atom stereocenters. The van der Waals surface area contributed by atoms with Crippen LogP contribution in [0.3, 0.4) is 0 Å². The molecule has 0 atom stereocenters. The average Bonchev–Trinajstić information content (AvgIpc) is 2.48. The number of nitrogens with zero attached hydrogens (tertiary/aromatic N) is 1. The van der Waals surface area contributed by atoms with Gasteiger partial charge in [0.2, 0.25) is 0 Å². The van der Waals surface area contributed by atoms with E-state index < -0.39 is 4.92 Å². The Hall–Kier alpha value is -1.99. The molecule has 7 heteroatoms. The van der Waals surface area contributed by atoms with Crippen LogP contribution in [-0.2, 0) is 13.2 Å². The Labute approximate surface area is 128 Å². The molecule has 2 rings (SSSR count). The molecule has 5 nitrogen and oxygen atoms in total. The van der Waals surface area contributed by atoms with E-state index in [0.717, 1.165) is 0 Å². The third-order valence-electron chi connectivity index (χ3n) is 2.83. The summed E-state index contributed by atoms with van der Waals surface area (Å²) in [7, 11) is 0. The van der Waals surface area contributed by atoms with Crippen LogP contribution in [0.4, 0.5) is 10.1 Å². The molecular weight excluding hydrogens is 343 g/mol. The Morgan fingerprint density at radius 1 is 1.24 bits per heavy atom. The molecule has 0 heterocycles. The summed E-state index contributed by atoms with van der Waals surface area (Å²) in [5.41, 5.74) is 6.67. The number of nitro groups is 1. The van der Waals surface area contributed by atoms with E-state index in [2.05, 4.69) is 15.9 Å². The van der Waals surface area contributed by atoms with E-state index >= 15 is 0 Å². The first-order valence-electron chi connectivity index (χ1n) is 6.05. The minimum atomic E-state index is -0.519. The zero-order valence-electron chi connectivity index (χ0n) is 10.9. The van der Waals surface area contributed by atoms with E-state index in [1.54, 1.807) is 18.2 Å². The number of hydrogen-bond acceptors (Lipinski definition) is 4. The number of ether oxygens (including phenoxy) is 1. The molecule has 0 saturated carbocycles. The van der Waals surface area contributed by atoms with Crippen LogP contribution in [0, 0.1) is 15.9 Å². The van der Waals surface area contributed by atoms with Crippen molar-refractivity contribution in [2.45, 2.75) is 13.2 Å². The molecular formula is C14H12BrFN2O3. The highest BCUT2D eigenvalue weighted by molar-refractivity contribution is 9.10. The lowest BCUT2D eigenvalue weighted by Crippen LogP contribution is -2.02. The molecule has 2 N–H and O–H groups in total. The predicted octanol–water partition coefficient (Wildman–Crippen LogP) is 3.53. The number of rotatable bonds is 5. The summed E-state index contributed by atoms with van der Waals surface area (Å²) >= 11 is 3.08. The second-order valence-corrected chi connectivity index (χ2v) is 5.15. The minimum Gasteiger partial charge on any atom is -0.482 e. The summed E-state index contributed by atoms with van der Waals surface area (Å²) in [6.45, 7) is 0.313. The maximum absolute atomic E-state index is 13.1. The molecule has 2 aromatic rings. The van der Waals surface area contributed by atoms with Crippen LogP contribution in [0.2, 0.25) is 0 Å². The fourth-order valence-electron chi connectivity index (χ4n) is 1.75. The molecule has 110 valence electrons. The zero-order chi connectivity index (χ0) is 15.4. The summed E-state index contributed by atoms with van der Waals surface area (Å²) in [5, 5.41) is 11.0. The highest BCUT2D eigenvalue weighted by atomic mass is 79.9. The van der Waals surface area contributed by atoms with Crippen LogP contribution in [0.1, 0.15) is 11.1 Å². The van der Waals surface area contributed by atoms with Crippen molar-refractivity contribution in [2.75, 3.05) is 0 Å². The lowest BCUT2D eigenvalue weighted by molar-refractivity contribution is -0.386. The molecule has 0 amide bonds. The Balaban J connectivity index is 2.19. The molecule has 0 spiro atoms. The summed E-state index contributed by atoms with van der Waals surface area (Å²) in [6.07, 6.45) is 0. The minimum absolute atomic E-state index is 0.0989. The van der Waals surface area contributed by atoms with Crippen LogP contribution in [0.25, 0.3) is 0 Å². The van der Waals surface area contributed by atoms with Gasteiger partial charge < -0.3 is 10.5 Å². The maximum atomic E-state index is 13.1. The Kier molecular flexibility index (Phi) is 4.87. The first kappa shape index (κ1) is 15.4. The predicted molar refractivity (Wildman–Crippen MR) is 79.4 cm³/mol. The molecule has 0 saturated heterocycles. The molecule has 0 radical (unpaired) electrons. The number of benzene rings is 2. The van der Waals surface area contributed by atoms with Crippen LogP contribution in [-0.4, -0.2) is 4.92 Å². The largest absolute Gasteiger partial charge is 0.482 e. The van der Waals surface area contributed by atoms with Crippen molar-refractivity contribution in [3.8, 4) is 5.75 Å². The number of nitro benzene ring substituents is 1. The third kappa shape index (κ3) is 3.77. The van der Waals surface area contributed by atoms with Gasteiger partial charge in [-0.25, -0.2) is 4.39 Å². The fourth-order valence-corrected chi connectivity index (χ4v) is 2.17. The molecule has 21 heavy (non-hydrogen) atoms. The van der Waals surface area contributed by atoms with Crippen molar-refractivity contribution in [3.05, 3.63) is 67.9 Å². The fraction of sp³-hybridized carbons (Fsp3) is 0.143. The summed E-state index contributed by atoms with van der Waals surface area (Å²) in [4.78, 5) is 10.5. The number of halogens is 2. The molecule has 0 aliphatic carbocycles. The first-order chi connectivity index (χ1) is 10.0. The second-order valence-electron chi connectivity index (χ2n) is 4.30. The van der Waals surface area contributed by atoms with Crippen molar-refractivity contribution >= 4 is 21.6 Å². The molecule has 0 aromatic heterocycles. The quantitative estimate of drug-likeness (QED) is 0.657. The van der Waals surface area contributed by atoms with Gasteiger partial charge in [-0.1, -0.05) is 12.1 Å². The Morgan fingerprint density at radius 2 is 1.95 bits per heavy atom.